The maximum Gasteiger partial charge on any atom is 0.125 e. The van der Waals surface area contributed by atoms with E-state index in [4.69, 9.17) is 4.52 Å². The molecule has 1 unspecified atom stereocenters. The standard InChI is InChI=1S/C18H33BOP/c1-16(2,3)12-10-13(17(4,5)6)15(20-21-19)14(11-12)18(7,8)9/h10-11,21H,1-9,19H3/q-1. The lowest BCUT2D eigenvalue weighted by molar-refractivity contribution is 0.500. The van der Waals surface area contributed by atoms with Crippen LogP contribution in [-0.4, -0.2) is 7.57 Å². The van der Waals surface area contributed by atoms with Gasteiger partial charge < -0.3 is 4.52 Å². The summed E-state index contributed by atoms with van der Waals surface area (Å²) in [4.78, 5) is 0. The van der Waals surface area contributed by atoms with Gasteiger partial charge in [0.1, 0.15) is 5.75 Å². The molecule has 0 aromatic heterocycles. The van der Waals surface area contributed by atoms with Crippen LogP contribution in [0.4, 0.5) is 0 Å². The maximum absolute atomic E-state index is 6.23. The van der Waals surface area contributed by atoms with Crippen LogP contribution in [0.25, 0.3) is 0 Å². The van der Waals surface area contributed by atoms with E-state index in [2.05, 4.69) is 74.4 Å². The Labute approximate surface area is 134 Å². The number of hydrogen-bond acceptors (Lipinski definition) is 1. The van der Waals surface area contributed by atoms with Gasteiger partial charge in [0.2, 0.25) is 0 Å². The lowest BCUT2D eigenvalue weighted by Gasteiger charge is -2.33. The van der Waals surface area contributed by atoms with Crippen molar-refractivity contribution in [1.82, 2.24) is 0 Å². The molecule has 0 fully saturated rings. The van der Waals surface area contributed by atoms with Crippen LogP contribution in [0, 0.1) is 0 Å². The third-order valence-corrected chi connectivity index (χ3v) is 3.88. The van der Waals surface area contributed by atoms with E-state index in [1.54, 1.807) is 0 Å². The van der Waals surface area contributed by atoms with Gasteiger partial charge in [-0.05, 0) is 21.8 Å². The van der Waals surface area contributed by atoms with Crippen LogP contribution in [-0.2, 0) is 16.2 Å². The highest BCUT2D eigenvalue weighted by Gasteiger charge is 2.29. The average Bonchev–Trinajstić information content (AvgIpc) is 2.24. The van der Waals surface area contributed by atoms with Gasteiger partial charge in [-0.2, -0.15) is 0 Å². The van der Waals surface area contributed by atoms with Gasteiger partial charge >= 0.3 is 0 Å². The first-order valence-corrected chi connectivity index (χ1v) is 7.72. The molecule has 120 valence electrons. The van der Waals surface area contributed by atoms with E-state index in [0.29, 0.717) is 0 Å². The van der Waals surface area contributed by atoms with Crippen molar-refractivity contribution in [2.24, 2.45) is 0 Å². The van der Waals surface area contributed by atoms with Crippen molar-refractivity contribution in [3.63, 3.8) is 0 Å². The summed E-state index contributed by atoms with van der Waals surface area (Å²) in [5.41, 5.74) is 4.53. The molecule has 0 radical (unpaired) electrons. The summed E-state index contributed by atoms with van der Waals surface area (Å²) in [6, 6.07) is 4.76. The minimum absolute atomic E-state index is 0.107. The molecular weight excluding hydrogens is 274 g/mol. The molecule has 0 aliphatic rings. The second-order valence-corrected chi connectivity index (χ2v) is 8.96. The quantitative estimate of drug-likeness (QED) is 0.561. The molecule has 0 amide bonds. The lowest BCUT2D eigenvalue weighted by Crippen LogP contribution is -2.22. The predicted molar refractivity (Wildman–Crippen MR) is 101 cm³/mol. The van der Waals surface area contributed by atoms with E-state index in [1.165, 1.54) is 16.7 Å². The Kier molecular flexibility index (Phi) is 5.26. The smallest absolute Gasteiger partial charge is 0.125 e. The minimum Gasteiger partial charge on any atom is -0.518 e. The topological polar surface area (TPSA) is 9.23 Å². The van der Waals surface area contributed by atoms with E-state index in [0.717, 1.165) is 14.4 Å². The summed E-state index contributed by atoms with van der Waals surface area (Å²) < 4.78 is 6.23. The molecule has 1 atom stereocenters. The second-order valence-electron chi connectivity index (χ2n) is 8.75. The monoisotopic (exact) mass is 307 g/mol. The fourth-order valence-electron chi connectivity index (χ4n) is 2.29. The Hall–Kier alpha value is -0.485. The Morgan fingerprint density at radius 3 is 1.38 bits per heavy atom. The number of benzene rings is 1. The largest absolute Gasteiger partial charge is 0.518 e. The highest BCUT2D eigenvalue weighted by molar-refractivity contribution is 7.62. The summed E-state index contributed by atoms with van der Waals surface area (Å²) in [6.45, 7) is 20.6. The zero-order chi connectivity index (χ0) is 16.6. The van der Waals surface area contributed by atoms with Gasteiger partial charge in [0, 0.05) is 18.7 Å². The summed E-state index contributed by atoms with van der Waals surface area (Å²) in [5, 5.41) is 0. The van der Waals surface area contributed by atoms with E-state index in [-0.39, 0.29) is 23.8 Å². The van der Waals surface area contributed by atoms with Gasteiger partial charge in [0.05, 0.1) is 0 Å². The summed E-state index contributed by atoms with van der Waals surface area (Å²) in [5.74, 6) is 1.16. The van der Waals surface area contributed by atoms with Gasteiger partial charge in [0.15, 0.2) is 0 Å². The highest BCUT2D eigenvalue weighted by Crippen LogP contribution is 2.44. The van der Waals surface area contributed by atoms with Crippen LogP contribution < -0.4 is 4.52 Å². The highest BCUT2D eigenvalue weighted by atomic mass is 31.1. The van der Waals surface area contributed by atoms with Gasteiger partial charge in [0.25, 0.3) is 0 Å². The minimum atomic E-state index is 0.107. The van der Waals surface area contributed by atoms with Crippen molar-refractivity contribution in [2.75, 3.05) is 0 Å². The molecule has 0 saturated heterocycles. The van der Waals surface area contributed by atoms with Gasteiger partial charge in [-0.25, -0.2) is 0 Å². The fraction of sp³-hybridized carbons (Fsp3) is 0.667. The molecule has 1 aromatic rings. The molecule has 1 aromatic carbocycles. The van der Waals surface area contributed by atoms with Crippen molar-refractivity contribution in [3.05, 3.63) is 28.8 Å². The molecular formula is C18H33BOP-. The SMILES string of the molecule is [BH3-]POc1c(C(C)(C)C)cc(C(C)(C)C)cc1C(C)(C)C. The average molecular weight is 307 g/mol. The van der Waals surface area contributed by atoms with Gasteiger partial charge in [-0.3, -0.25) is 0 Å². The molecule has 0 spiro atoms. The normalized spacial score (nSPS) is 14.0. The Bertz CT molecular complexity index is 466. The molecule has 3 heteroatoms. The van der Waals surface area contributed by atoms with Crippen LogP contribution in [0.3, 0.4) is 0 Å². The maximum atomic E-state index is 6.23. The van der Waals surface area contributed by atoms with E-state index in [9.17, 15) is 0 Å². The van der Waals surface area contributed by atoms with Crippen LogP contribution in [0.1, 0.15) is 79.0 Å². The molecule has 0 aliphatic heterocycles. The van der Waals surface area contributed by atoms with Crippen molar-refractivity contribution < 1.29 is 4.52 Å². The van der Waals surface area contributed by atoms with Crippen molar-refractivity contribution in [2.45, 2.75) is 78.6 Å². The first kappa shape index (κ1) is 18.6. The molecule has 0 bridgehead atoms. The van der Waals surface area contributed by atoms with Crippen molar-refractivity contribution in [1.29, 1.82) is 0 Å². The van der Waals surface area contributed by atoms with Crippen LogP contribution >= 0.6 is 8.69 Å². The van der Waals surface area contributed by atoms with Gasteiger partial charge in [-0.1, -0.05) is 74.4 Å². The van der Waals surface area contributed by atoms with Crippen LogP contribution in [0.15, 0.2) is 12.1 Å². The summed E-state index contributed by atoms with van der Waals surface area (Å²) in [7, 11) is 1.00. The zero-order valence-electron chi connectivity index (χ0n) is 14.6. The summed E-state index contributed by atoms with van der Waals surface area (Å²) >= 11 is 0. The molecule has 0 heterocycles. The lowest BCUT2D eigenvalue weighted by atomic mass is 9.75. The molecule has 1 nitrogen and oxygen atoms in total. The predicted octanol–water partition coefficient (Wildman–Crippen LogP) is 4.83. The number of rotatable bonds is 2. The van der Waals surface area contributed by atoms with E-state index < -0.39 is 0 Å². The van der Waals surface area contributed by atoms with Crippen LogP contribution in [0.5, 0.6) is 5.75 Å². The van der Waals surface area contributed by atoms with Crippen molar-refractivity contribution in [3.8, 4) is 5.75 Å². The van der Waals surface area contributed by atoms with Crippen LogP contribution in [0.2, 0.25) is 0 Å². The van der Waals surface area contributed by atoms with Gasteiger partial charge in [-0.15, -0.1) is 8.69 Å². The Morgan fingerprint density at radius 1 is 0.762 bits per heavy atom. The third kappa shape index (κ3) is 4.49. The second kappa shape index (κ2) is 5.96. The third-order valence-electron chi connectivity index (χ3n) is 3.67. The molecule has 0 aliphatic carbocycles. The number of hydrogen-bond donors (Lipinski definition) is 0. The van der Waals surface area contributed by atoms with Crippen molar-refractivity contribution >= 4 is 16.3 Å². The molecule has 21 heavy (non-hydrogen) atoms. The first-order valence-electron chi connectivity index (χ1n) is 7.31. The fourth-order valence-corrected chi connectivity index (χ4v) is 2.51. The Balaban J connectivity index is 3.75. The first-order chi connectivity index (χ1) is 9.28. The molecule has 0 N–H and O–H groups in total. The van der Waals surface area contributed by atoms with E-state index in [1.807, 2.05) is 0 Å². The summed E-state index contributed by atoms with van der Waals surface area (Å²) in [6.07, 6.45) is 0. The van der Waals surface area contributed by atoms with E-state index >= 15 is 0 Å². The zero-order valence-corrected chi connectivity index (χ0v) is 15.6. The Morgan fingerprint density at radius 2 is 1.14 bits per heavy atom. The molecule has 0 saturated carbocycles. The molecule has 1 rings (SSSR count).